The van der Waals surface area contributed by atoms with Crippen molar-refractivity contribution in [2.45, 2.75) is 26.2 Å². The average molecular weight is 315 g/mol. The predicted octanol–water partition coefficient (Wildman–Crippen LogP) is 3.58. The van der Waals surface area contributed by atoms with Gasteiger partial charge in [-0.15, -0.1) is 11.3 Å². The number of nitrogens with zero attached hydrogens (tertiary/aromatic N) is 1. The number of anilines is 1. The molecule has 0 saturated carbocycles. The van der Waals surface area contributed by atoms with Crippen LogP contribution >= 0.6 is 11.3 Å². The maximum absolute atomic E-state index is 12.9. The average Bonchev–Trinajstić information content (AvgIpc) is 2.99. The largest absolute Gasteiger partial charge is 0.481 e. The van der Waals surface area contributed by atoms with Crippen LogP contribution in [0, 0.1) is 13.8 Å². The topological polar surface area (TPSA) is 57.6 Å². The zero-order valence-corrected chi connectivity index (χ0v) is 13.3. The number of hydrogen-bond acceptors (Lipinski definition) is 3. The second-order valence-corrected chi connectivity index (χ2v) is 7.06. The van der Waals surface area contributed by atoms with Crippen LogP contribution < -0.4 is 4.90 Å². The Balaban J connectivity index is 1.97. The number of carbonyl (C=O) groups is 2. The first-order chi connectivity index (χ1) is 10.5. The molecule has 0 saturated heterocycles. The molecule has 1 aliphatic heterocycles. The molecule has 1 N–H and O–H groups in total. The summed E-state index contributed by atoms with van der Waals surface area (Å²) in [7, 11) is 0. The van der Waals surface area contributed by atoms with Crippen LogP contribution in [0.3, 0.4) is 0 Å². The Hall–Kier alpha value is -2.14. The fourth-order valence-electron chi connectivity index (χ4n) is 3.06. The molecule has 0 aliphatic carbocycles. The van der Waals surface area contributed by atoms with E-state index in [-0.39, 0.29) is 18.2 Å². The second-order valence-electron chi connectivity index (χ2n) is 5.60. The third-order valence-electron chi connectivity index (χ3n) is 4.01. The Bertz CT molecular complexity index is 750. The van der Waals surface area contributed by atoms with E-state index < -0.39 is 5.97 Å². The van der Waals surface area contributed by atoms with Gasteiger partial charge in [0.1, 0.15) is 0 Å². The summed E-state index contributed by atoms with van der Waals surface area (Å²) in [5.41, 5.74) is 2.50. The molecule has 4 nitrogen and oxygen atoms in total. The van der Waals surface area contributed by atoms with Gasteiger partial charge in [-0.3, -0.25) is 9.59 Å². The molecule has 22 heavy (non-hydrogen) atoms. The lowest BCUT2D eigenvalue weighted by Crippen LogP contribution is -2.30. The first-order valence-electron chi connectivity index (χ1n) is 7.17. The summed E-state index contributed by atoms with van der Waals surface area (Å²) in [5, 5.41) is 9.09. The van der Waals surface area contributed by atoms with Gasteiger partial charge in [0.2, 0.25) is 0 Å². The fourth-order valence-corrected chi connectivity index (χ4v) is 3.98. The lowest BCUT2D eigenvalue weighted by Gasteiger charge is -2.17. The summed E-state index contributed by atoms with van der Waals surface area (Å²) in [5.74, 6) is -1.02. The number of amides is 1. The van der Waals surface area contributed by atoms with E-state index in [1.165, 1.54) is 0 Å². The normalized spacial score (nSPS) is 16.6. The van der Waals surface area contributed by atoms with E-state index in [0.717, 1.165) is 21.0 Å². The number of carbonyl (C=O) groups excluding carboxylic acids is 1. The van der Waals surface area contributed by atoms with E-state index in [0.29, 0.717) is 12.1 Å². The molecule has 3 rings (SSSR count). The van der Waals surface area contributed by atoms with Crippen LogP contribution in [0.25, 0.3) is 0 Å². The Labute approximate surface area is 133 Å². The Morgan fingerprint density at radius 1 is 1.32 bits per heavy atom. The molecule has 2 heterocycles. The van der Waals surface area contributed by atoms with Gasteiger partial charge in [-0.05, 0) is 31.5 Å². The van der Waals surface area contributed by atoms with Crippen LogP contribution in [0.4, 0.5) is 5.69 Å². The van der Waals surface area contributed by atoms with Crippen LogP contribution in [-0.4, -0.2) is 23.5 Å². The number of thiophene rings is 1. The van der Waals surface area contributed by atoms with E-state index in [1.54, 1.807) is 16.2 Å². The first kappa shape index (κ1) is 14.8. The van der Waals surface area contributed by atoms with Crippen LogP contribution in [0.15, 0.2) is 30.3 Å². The van der Waals surface area contributed by atoms with Gasteiger partial charge in [0.15, 0.2) is 0 Å². The summed E-state index contributed by atoms with van der Waals surface area (Å²) >= 11 is 1.61. The van der Waals surface area contributed by atoms with Crippen molar-refractivity contribution in [3.63, 3.8) is 0 Å². The van der Waals surface area contributed by atoms with Crippen molar-refractivity contribution in [3.8, 4) is 0 Å². The van der Waals surface area contributed by atoms with Crippen LogP contribution in [0.1, 0.15) is 38.0 Å². The highest BCUT2D eigenvalue weighted by Crippen LogP contribution is 2.39. The molecule has 0 radical (unpaired) electrons. The van der Waals surface area contributed by atoms with E-state index in [4.69, 9.17) is 5.11 Å². The molecule has 114 valence electrons. The van der Waals surface area contributed by atoms with Crippen molar-refractivity contribution in [1.29, 1.82) is 0 Å². The third-order valence-corrected chi connectivity index (χ3v) is 4.97. The minimum atomic E-state index is -0.836. The molecular weight excluding hydrogens is 298 g/mol. The van der Waals surface area contributed by atoms with Crippen molar-refractivity contribution in [2.75, 3.05) is 11.4 Å². The quantitative estimate of drug-likeness (QED) is 0.942. The van der Waals surface area contributed by atoms with Gasteiger partial charge in [0.25, 0.3) is 5.91 Å². The molecule has 1 amide bonds. The predicted molar refractivity (Wildman–Crippen MR) is 86.9 cm³/mol. The number of rotatable bonds is 3. The maximum atomic E-state index is 12.9. The van der Waals surface area contributed by atoms with E-state index in [1.807, 2.05) is 44.2 Å². The maximum Gasteiger partial charge on any atom is 0.304 e. The van der Waals surface area contributed by atoms with Crippen molar-refractivity contribution in [1.82, 2.24) is 0 Å². The monoisotopic (exact) mass is 315 g/mol. The van der Waals surface area contributed by atoms with Gasteiger partial charge in [-0.25, -0.2) is 0 Å². The number of hydrogen-bond donors (Lipinski definition) is 1. The van der Waals surface area contributed by atoms with Crippen LogP contribution in [-0.2, 0) is 4.79 Å². The standard InChI is InChI=1S/C17H17NO3S/c1-10-7-14(11(2)22-10)17(21)18-9-12(8-16(19)20)13-5-3-4-6-15(13)18/h3-7,12H,8-9H2,1-2H3,(H,19,20). The number of aryl methyl sites for hydroxylation is 2. The van der Waals surface area contributed by atoms with Gasteiger partial charge >= 0.3 is 5.97 Å². The Morgan fingerprint density at radius 2 is 2.05 bits per heavy atom. The summed E-state index contributed by atoms with van der Waals surface area (Å²) < 4.78 is 0. The highest BCUT2D eigenvalue weighted by Gasteiger charge is 2.34. The molecule has 1 aromatic heterocycles. The van der Waals surface area contributed by atoms with Crippen molar-refractivity contribution < 1.29 is 14.7 Å². The van der Waals surface area contributed by atoms with Gasteiger partial charge in [0, 0.05) is 27.9 Å². The van der Waals surface area contributed by atoms with Crippen molar-refractivity contribution in [2.24, 2.45) is 0 Å². The van der Waals surface area contributed by atoms with Crippen LogP contribution in [0.5, 0.6) is 0 Å². The zero-order valence-electron chi connectivity index (χ0n) is 12.5. The molecule has 5 heteroatoms. The molecule has 0 fully saturated rings. The Kier molecular flexibility index (Phi) is 3.74. The summed E-state index contributed by atoms with van der Waals surface area (Å²) in [4.78, 5) is 27.8. The van der Waals surface area contributed by atoms with Gasteiger partial charge < -0.3 is 10.0 Å². The lowest BCUT2D eigenvalue weighted by atomic mass is 9.98. The molecule has 2 aromatic rings. The number of fused-ring (bicyclic) bond motifs is 1. The number of carboxylic acid groups (broad SMARTS) is 1. The van der Waals surface area contributed by atoms with Crippen LogP contribution in [0.2, 0.25) is 0 Å². The number of carboxylic acids is 1. The fraction of sp³-hybridized carbons (Fsp3) is 0.294. The number of benzene rings is 1. The van der Waals surface area contributed by atoms with E-state index in [2.05, 4.69) is 0 Å². The van der Waals surface area contributed by atoms with E-state index >= 15 is 0 Å². The molecule has 1 atom stereocenters. The van der Waals surface area contributed by atoms with Crippen molar-refractivity contribution in [3.05, 3.63) is 51.2 Å². The highest BCUT2D eigenvalue weighted by molar-refractivity contribution is 7.12. The Morgan fingerprint density at radius 3 is 2.68 bits per heavy atom. The summed E-state index contributed by atoms with van der Waals surface area (Å²) in [6.45, 7) is 4.36. The molecule has 1 aromatic carbocycles. The minimum absolute atomic E-state index is 0.0396. The lowest BCUT2D eigenvalue weighted by molar-refractivity contribution is -0.137. The molecule has 1 unspecified atom stereocenters. The number of para-hydroxylation sites is 1. The SMILES string of the molecule is Cc1cc(C(=O)N2CC(CC(=O)O)c3ccccc32)c(C)s1. The smallest absolute Gasteiger partial charge is 0.304 e. The second kappa shape index (κ2) is 5.57. The molecule has 0 bridgehead atoms. The van der Waals surface area contributed by atoms with E-state index in [9.17, 15) is 9.59 Å². The van der Waals surface area contributed by atoms with Gasteiger partial charge in [-0.2, -0.15) is 0 Å². The molecular formula is C17H17NO3S. The minimum Gasteiger partial charge on any atom is -0.481 e. The molecule has 0 spiro atoms. The molecule has 1 aliphatic rings. The summed E-state index contributed by atoms with van der Waals surface area (Å²) in [6.07, 6.45) is 0.0441. The van der Waals surface area contributed by atoms with Crippen molar-refractivity contribution >= 4 is 28.9 Å². The van der Waals surface area contributed by atoms with Gasteiger partial charge in [0.05, 0.1) is 12.0 Å². The first-order valence-corrected chi connectivity index (χ1v) is 7.98. The highest BCUT2D eigenvalue weighted by atomic mass is 32.1. The number of aliphatic carboxylic acids is 1. The third kappa shape index (κ3) is 2.52. The zero-order chi connectivity index (χ0) is 15.9. The van der Waals surface area contributed by atoms with Gasteiger partial charge in [-0.1, -0.05) is 18.2 Å². The summed E-state index contributed by atoms with van der Waals surface area (Å²) in [6, 6.07) is 9.50.